The van der Waals surface area contributed by atoms with Gasteiger partial charge in [-0.05, 0) is 61.8 Å². The number of rotatable bonds is 4. The van der Waals surface area contributed by atoms with Gasteiger partial charge in [0.1, 0.15) is 12.4 Å². The molecule has 0 aromatic heterocycles. The molecule has 1 aliphatic carbocycles. The number of fused-ring (bicyclic) bond motifs is 1. The third-order valence-electron chi connectivity index (χ3n) is 4.21. The molecule has 1 heterocycles. The molecule has 3 heteroatoms. The second-order valence-corrected chi connectivity index (χ2v) is 5.64. The van der Waals surface area contributed by atoms with Crippen molar-refractivity contribution in [3.05, 3.63) is 29.3 Å². The summed E-state index contributed by atoms with van der Waals surface area (Å²) >= 11 is 0. The molecule has 1 fully saturated rings. The molecule has 0 spiro atoms. The van der Waals surface area contributed by atoms with E-state index in [0.29, 0.717) is 13.2 Å². The van der Waals surface area contributed by atoms with Crippen molar-refractivity contribution in [3.63, 3.8) is 0 Å². The maximum atomic E-state index is 5.88. The molecule has 2 unspecified atom stereocenters. The number of aryl methyl sites for hydroxylation is 2. The topological polar surface area (TPSA) is 44.5 Å². The minimum Gasteiger partial charge on any atom is -0.491 e. The molecule has 0 amide bonds. The SMILES string of the molecule is NCC1CCC(COc2ccc3c(c2)CCCC3)O1. The van der Waals surface area contributed by atoms with Crippen LogP contribution in [0.2, 0.25) is 0 Å². The molecule has 1 aliphatic heterocycles. The van der Waals surface area contributed by atoms with Crippen molar-refractivity contribution in [1.82, 2.24) is 0 Å². The Morgan fingerprint density at radius 3 is 2.68 bits per heavy atom. The first-order chi connectivity index (χ1) is 9.35. The van der Waals surface area contributed by atoms with E-state index in [4.69, 9.17) is 15.2 Å². The summed E-state index contributed by atoms with van der Waals surface area (Å²) in [5.41, 5.74) is 8.58. The Kier molecular flexibility index (Phi) is 4.04. The second kappa shape index (κ2) is 5.93. The molecule has 3 rings (SSSR count). The van der Waals surface area contributed by atoms with Gasteiger partial charge < -0.3 is 15.2 Å². The van der Waals surface area contributed by atoms with Gasteiger partial charge in [-0.15, -0.1) is 0 Å². The number of benzene rings is 1. The molecule has 0 radical (unpaired) electrons. The van der Waals surface area contributed by atoms with Crippen LogP contribution in [0.3, 0.4) is 0 Å². The first kappa shape index (κ1) is 12.9. The molecule has 1 aromatic rings. The van der Waals surface area contributed by atoms with Crippen molar-refractivity contribution < 1.29 is 9.47 Å². The molecule has 0 bridgehead atoms. The predicted octanol–water partition coefficient (Wildman–Crippen LogP) is 2.45. The van der Waals surface area contributed by atoms with Crippen LogP contribution in [0, 0.1) is 0 Å². The van der Waals surface area contributed by atoms with E-state index >= 15 is 0 Å². The van der Waals surface area contributed by atoms with Crippen LogP contribution in [0.1, 0.15) is 36.8 Å². The molecule has 3 nitrogen and oxygen atoms in total. The number of nitrogens with two attached hydrogens (primary N) is 1. The fourth-order valence-corrected chi connectivity index (χ4v) is 3.06. The van der Waals surface area contributed by atoms with Crippen molar-refractivity contribution in [2.75, 3.05) is 13.2 Å². The summed E-state index contributed by atoms with van der Waals surface area (Å²) in [6.07, 6.45) is 7.62. The fraction of sp³-hybridized carbons (Fsp3) is 0.625. The first-order valence-corrected chi connectivity index (χ1v) is 7.45. The van der Waals surface area contributed by atoms with Crippen LogP contribution in [-0.2, 0) is 17.6 Å². The molecule has 2 aliphatic rings. The molecule has 2 atom stereocenters. The lowest BCUT2D eigenvalue weighted by Gasteiger charge is -2.18. The van der Waals surface area contributed by atoms with E-state index < -0.39 is 0 Å². The molecule has 19 heavy (non-hydrogen) atoms. The third kappa shape index (κ3) is 3.10. The Morgan fingerprint density at radius 1 is 1.11 bits per heavy atom. The normalized spacial score (nSPS) is 26.2. The van der Waals surface area contributed by atoms with Crippen molar-refractivity contribution >= 4 is 0 Å². The van der Waals surface area contributed by atoms with Crippen molar-refractivity contribution in [1.29, 1.82) is 0 Å². The van der Waals surface area contributed by atoms with Gasteiger partial charge in [0.05, 0.1) is 12.2 Å². The minimum atomic E-state index is 0.213. The minimum absolute atomic E-state index is 0.213. The standard InChI is InChI=1S/C16H23NO2/c17-10-15-7-8-16(19-15)11-18-14-6-5-12-3-1-2-4-13(12)9-14/h5-6,9,15-16H,1-4,7-8,10-11,17H2. The predicted molar refractivity (Wildman–Crippen MR) is 75.5 cm³/mol. The van der Waals surface area contributed by atoms with Gasteiger partial charge in [-0.25, -0.2) is 0 Å². The van der Waals surface area contributed by atoms with E-state index in [1.807, 2.05) is 0 Å². The van der Waals surface area contributed by atoms with Gasteiger partial charge in [-0.2, -0.15) is 0 Å². The zero-order valence-corrected chi connectivity index (χ0v) is 11.4. The Morgan fingerprint density at radius 2 is 1.89 bits per heavy atom. The van der Waals surface area contributed by atoms with Crippen molar-refractivity contribution in [2.45, 2.75) is 50.7 Å². The van der Waals surface area contributed by atoms with Gasteiger partial charge in [0.25, 0.3) is 0 Å². The Bertz CT molecular complexity index is 433. The average Bonchev–Trinajstić information content (AvgIpc) is 2.93. The largest absolute Gasteiger partial charge is 0.491 e. The third-order valence-corrected chi connectivity index (χ3v) is 4.21. The molecule has 0 saturated carbocycles. The lowest BCUT2D eigenvalue weighted by Crippen LogP contribution is -2.23. The van der Waals surface area contributed by atoms with E-state index in [-0.39, 0.29) is 12.2 Å². The maximum Gasteiger partial charge on any atom is 0.119 e. The van der Waals surface area contributed by atoms with Crippen LogP contribution < -0.4 is 10.5 Å². The zero-order chi connectivity index (χ0) is 13.1. The highest BCUT2D eigenvalue weighted by molar-refractivity contribution is 5.37. The van der Waals surface area contributed by atoms with Crippen molar-refractivity contribution in [2.24, 2.45) is 5.73 Å². The van der Waals surface area contributed by atoms with E-state index in [9.17, 15) is 0 Å². The lowest BCUT2D eigenvalue weighted by atomic mass is 9.92. The van der Waals surface area contributed by atoms with Crippen LogP contribution in [0.15, 0.2) is 18.2 Å². The van der Waals surface area contributed by atoms with Crippen LogP contribution in [0.4, 0.5) is 0 Å². The zero-order valence-electron chi connectivity index (χ0n) is 11.4. The number of hydrogen-bond donors (Lipinski definition) is 1. The highest BCUT2D eigenvalue weighted by Crippen LogP contribution is 2.26. The molecule has 1 aromatic carbocycles. The van der Waals surface area contributed by atoms with Gasteiger partial charge in [-0.3, -0.25) is 0 Å². The molecular weight excluding hydrogens is 238 g/mol. The molecular formula is C16H23NO2. The van der Waals surface area contributed by atoms with Crippen LogP contribution in [-0.4, -0.2) is 25.4 Å². The van der Waals surface area contributed by atoms with Gasteiger partial charge in [-0.1, -0.05) is 6.07 Å². The Balaban J connectivity index is 1.55. The van der Waals surface area contributed by atoms with E-state index in [1.165, 1.54) is 36.8 Å². The van der Waals surface area contributed by atoms with Gasteiger partial charge >= 0.3 is 0 Å². The van der Waals surface area contributed by atoms with Crippen LogP contribution >= 0.6 is 0 Å². The van der Waals surface area contributed by atoms with E-state index in [1.54, 1.807) is 0 Å². The maximum absolute atomic E-state index is 5.88. The lowest BCUT2D eigenvalue weighted by molar-refractivity contribution is 0.0222. The Hall–Kier alpha value is -1.06. The smallest absolute Gasteiger partial charge is 0.119 e. The average molecular weight is 261 g/mol. The van der Waals surface area contributed by atoms with Crippen LogP contribution in [0.25, 0.3) is 0 Å². The summed E-state index contributed by atoms with van der Waals surface area (Å²) in [4.78, 5) is 0. The van der Waals surface area contributed by atoms with Gasteiger partial charge in [0.2, 0.25) is 0 Å². The molecule has 104 valence electrons. The number of ether oxygens (including phenoxy) is 2. The van der Waals surface area contributed by atoms with E-state index in [0.717, 1.165) is 18.6 Å². The summed E-state index contributed by atoms with van der Waals surface area (Å²) in [5, 5.41) is 0. The second-order valence-electron chi connectivity index (χ2n) is 5.64. The van der Waals surface area contributed by atoms with Crippen molar-refractivity contribution in [3.8, 4) is 5.75 Å². The quantitative estimate of drug-likeness (QED) is 0.905. The fourth-order valence-electron chi connectivity index (χ4n) is 3.06. The number of hydrogen-bond acceptors (Lipinski definition) is 3. The van der Waals surface area contributed by atoms with E-state index in [2.05, 4.69) is 18.2 Å². The Labute approximate surface area is 115 Å². The molecule has 1 saturated heterocycles. The van der Waals surface area contributed by atoms with Gasteiger partial charge in [0, 0.05) is 6.54 Å². The van der Waals surface area contributed by atoms with Crippen LogP contribution in [0.5, 0.6) is 5.75 Å². The summed E-state index contributed by atoms with van der Waals surface area (Å²) in [7, 11) is 0. The highest BCUT2D eigenvalue weighted by atomic mass is 16.5. The summed E-state index contributed by atoms with van der Waals surface area (Å²) in [6.45, 7) is 1.27. The first-order valence-electron chi connectivity index (χ1n) is 7.45. The summed E-state index contributed by atoms with van der Waals surface area (Å²) in [5.74, 6) is 0.987. The summed E-state index contributed by atoms with van der Waals surface area (Å²) < 4.78 is 11.7. The summed E-state index contributed by atoms with van der Waals surface area (Å²) in [6, 6.07) is 6.53. The highest BCUT2D eigenvalue weighted by Gasteiger charge is 2.24. The van der Waals surface area contributed by atoms with Gasteiger partial charge in [0.15, 0.2) is 0 Å². The monoisotopic (exact) mass is 261 g/mol. The molecule has 2 N–H and O–H groups in total.